The quantitative estimate of drug-likeness (QED) is 0.134. The lowest BCUT2D eigenvalue weighted by Gasteiger charge is -2.45. The highest BCUT2D eigenvalue weighted by Gasteiger charge is 2.52. The Morgan fingerprint density at radius 2 is 0.790 bits per heavy atom. The van der Waals surface area contributed by atoms with Crippen molar-refractivity contribution < 1.29 is 4.74 Å². The number of ether oxygens (including phenoxy) is 1. The van der Waals surface area contributed by atoms with Crippen LogP contribution in [0.1, 0.15) is 132 Å². The molecule has 488 valence electrons. The second-order valence-corrected chi connectivity index (χ2v) is 31.9. The molecule has 4 aliphatic rings. The summed E-state index contributed by atoms with van der Waals surface area (Å²) in [5.41, 5.74) is 29.9. The van der Waals surface area contributed by atoms with E-state index in [1.165, 1.54) is 100 Å². The van der Waals surface area contributed by atoms with Crippen LogP contribution in [0, 0.1) is 6.92 Å². The fourth-order valence-corrected chi connectivity index (χ4v) is 16.4. The molecule has 1 aliphatic carbocycles. The van der Waals surface area contributed by atoms with Crippen molar-refractivity contribution in [2.24, 2.45) is 0 Å². The van der Waals surface area contributed by atoms with E-state index in [9.17, 15) is 0 Å². The molecule has 13 aromatic rings. The van der Waals surface area contributed by atoms with Gasteiger partial charge in [-0.05, 0) is 191 Å². The SMILES string of the molecule is Cc1cc2c3c(c1)N(c1ccc(C(C)(C)Cc4ccc5c(c4)Oc4ccc(-c6nc(-c7ccccc7)nc(-c7ccc(-c8ccccc8)cc7)n6)cc4C54c5ccccc5-c5ccccc54)cc1)c1ccc(C(C)(C)C)cc1B3c1cc(C(C)(C)C)ccc1N2c1ccc(C(C)(C)C)cc1. The molecular weight excluding hydrogens is 1210 g/mol. The van der Waals surface area contributed by atoms with E-state index in [1.54, 1.807) is 0 Å². The van der Waals surface area contributed by atoms with E-state index < -0.39 is 5.41 Å². The van der Waals surface area contributed by atoms with Crippen molar-refractivity contribution in [1.29, 1.82) is 0 Å². The smallest absolute Gasteiger partial charge is 0.252 e. The van der Waals surface area contributed by atoms with Crippen LogP contribution in [0.5, 0.6) is 11.5 Å². The molecule has 0 saturated carbocycles. The molecule has 12 aromatic carbocycles. The maximum Gasteiger partial charge on any atom is 0.252 e. The fourth-order valence-electron chi connectivity index (χ4n) is 16.4. The molecule has 0 N–H and O–H groups in total. The zero-order valence-corrected chi connectivity index (χ0v) is 59.3. The van der Waals surface area contributed by atoms with Crippen molar-refractivity contribution in [2.45, 2.75) is 117 Å². The second kappa shape index (κ2) is 23.1. The zero-order valence-electron chi connectivity index (χ0n) is 59.3. The minimum Gasteiger partial charge on any atom is -0.457 e. The molecule has 7 heteroatoms. The normalized spacial score (nSPS) is 13.9. The van der Waals surface area contributed by atoms with Crippen LogP contribution in [0.25, 0.3) is 56.4 Å². The van der Waals surface area contributed by atoms with Gasteiger partial charge in [0.05, 0.1) is 5.41 Å². The van der Waals surface area contributed by atoms with Gasteiger partial charge in [-0.3, -0.25) is 0 Å². The Bertz CT molecular complexity index is 5360. The Hall–Kier alpha value is -10.9. The van der Waals surface area contributed by atoms with E-state index in [0.29, 0.717) is 17.5 Å². The Balaban J connectivity index is 0.746. The first-order chi connectivity index (χ1) is 48.1. The summed E-state index contributed by atoms with van der Waals surface area (Å²) >= 11 is 0. The van der Waals surface area contributed by atoms with Gasteiger partial charge in [-0.15, -0.1) is 0 Å². The van der Waals surface area contributed by atoms with Gasteiger partial charge in [0, 0.05) is 61.9 Å². The number of fused-ring (bicyclic) bond motifs is 13. The summed E-state index contributed by atoms with van der Waals surface area (Å²) in [5.74, 6) is 3.48. The van der Waals surface area contributed by atoms with E-state index >= 15 is 0 Å². The lowest BCUT2D eigenvalue weighted by atomic mass is 9.33. The third-order valence-electron chi connectivity index (χ3n) is 21.7. The maximum absolute atomic E-state index is 7.31. The Labute approximate surface area is 590 Å². The molecule has 0 unspecified atom stereocenters. The highest BCUT2D eigenvalue weighted by Crippen LogP contribution is 2.63. The third-order valence-corrected chi connectivity index (χ3v) is 21.7. The van der Waals surface area contributed by atoms with Crippen molar-refractivity contribution in [3.8, 4) is 67.9 Å². The molecule has 1 aromatic heterocycles. The van der Waals surface area contributed by atoms with Gasteiger partial charge in [0.2, 0.25) is 0 Å². The van der Waals surface area contributed by atoms with Crippen molar-refractivity contribution in [2.75, 3.05) is 9.80 Å². The average Bonchev–Trinajstić information content (AvgIpc) is 1.33. The molecule has 0 atom stereocenters. The molecule has 0 bridgehead atoms. The molecule has 100 heavy (non-hydrogen) atoms. The van der Waals surface area contributed by atoms with Crippen LogP contribution in [0.4, 0.5) is 34.1 Å². The monoisotopic (exact) mass is 1300 g/mol. The van der Waals surface area contributed by atoms with E-state index in [-0.39, 0.29) is 28.4 Å². The van der Waals surface area contributed by atoms with Crippen LogP contribution in [0.3, 0.4) is 0 Å². The van der Waals surface area contributed by atoms with Crippen LogP contribution in [0.15, 0.2) is 267 Å². The predicted octanol–water partition coefficient (Wildman–Crippen LogP) is 21.8. The molecule has 0 saturated heterocycles. The van der Waals surface area contributed by atoms with Gasteiger partial charge in [-0.2, -0.15) is 0 Å². The molecule has 0 amide bonds. The third kappa shape index (κ3) is 10.3. The first-order valence-corrected chi connectivity index (χ1v) is 35.5. The fraction of sp³-hybridized carbons (Fsp3) is 0.194. The number of rotatable bonds is 9. The average molecular weight is 1300 g/mol. The summed E-state index contributed by atoms with van der Waals surface area (Å²) in [4.78, 5) is 20.8. The van der Waals surface area contributed by atoms with Crippen LogP contribution in [0.2, 0.25) is 0 Å². The molecule has 4 heterocycles. The molecule has 3 aliphatic heterocycles. The van der Waals surface area contributed by atoms with Gasteiger partial charge in [0.25, 0.3) is 6.71 Å². The molecule has 1 spiro atoms. The van der Waals surface area contributed by atoms with Gasteiger partial charge in [-0.25, -0.2) is 15.0 Å². The highest BCUT2D eigenvalue weighted by atomic mass is 16.5. The maximum atomic E-state index is 7.31. The van der Waals surface area contributed by atoms with E-state index in [2.05, 4.69) is 336 Å². The molecule has 6 nitrogen and oxygen atoms in total. The number of nitrogens with zero attached hydrogens (tertiary/aromatic N) is 5. The molecule has 17 rings (SSSR count). The number of aryl methyl sites for hydroxylation is 1. The van der Waals surface area contributed by atoms with Gasteiger partial charge in [0.15, 0.2) is 17.5 Å². The zero-order chi connectivity index (χ0) is 68.8. The first-order valence-electron chi connectivity index (χ1n) is 35.5. The van der Waals surface area contributed by atoms with E-state index in [1.807, 2.05) is 24.3 Å². The van der Waals surface area contributed by atoms with Gasteiger partial charge >= 0.3 is 0 Å². The van der Waals surface area contributed by atoms with Crippen molar-refractivity contribution in [3.05, 3.63) is 323 Å². The minimum atomic E-state index is -0.714. The lowest BCUT2D eigenvalue weighted by molar-refractivity contribution is 0.434. The molecule has 0 radical (unpaired) electrons. The van der Waals surface area contributed by atoms with Crippen LogP contribution in [-0.4, -0.2) is 21.7 Å². The summed E-state index contributed by atoms with van der Waals surface area (Å²) in [6.07, 6.45) is 0.785. The number of aromatic nitrogens is 3. The number of benzene rings is 12. The molecule has 0 fully saturated rings. The minimum absolute atomic E-state index is 0.0127. The summed E-state index contributed by atoms with van der Waals surface area (Å²) < 4.78 is 7.31. The summed E-state index contributed by atoms with van der Waals surface area (Å²) in [7, 11) is 0. The van der Waals surface area contributed by atoms with Crippen LogP contribution >= 0.6 is 0 Å². The van der Waals surface area contributed by atoms with Crippen LogP contribution < -0.4 is 30.9 Å². The van der Waals surface area contributed by atoms with Crippen LogP contribution in [-0.2, 0) is 33.5 Å². The van der Waals surface area contributed by atoms with Gasteiger partial charge < -0.3 is 14.5 Å². The largest absolute Gasteiger partial charge is 0.457 e. The van der Waals surface area contributed by atoms with Crippen molar-refractivity contribution in [1.82, 2.24) is 15.0 Å². The standard InChI is InChI=1S/C93H82BN5O/c1-58-51-81-85-82(52-58)99(80-49-42-68(91(8,9)10)56-78(80)94(85)77-55-67(90(5,6)7)41-48-79(77)98(81)69-43-37-65(38-44-69)89(2,3)4)70-45-39-66(40-46-70)92(11,12)57-59-31-47-75-84(53-59)100-83-50-36-64(54-76(83)93(75)73-29-21-19-27-71(73)72-28-20-22-30-74(72)93)88-96-86(62-25-17-14-18-26-62)95-87(97-88)63-34-32-61(33-35-63)60-23-15-13-16-24-60/h13-56H,57H2,1-12H3. The first kappa shape index (κ1) is 62.6. The highest BCUT2D eigenvalue weighted by molar-refractivity contribution is 7.00. The molecular formula is C93H82BN5O. The van der Waals surface area contributed by atoms with Crippen molar-refractivity contribution in [3.63, 3.8) is 0 Å². The van der Waals surface area contributed by atoms with Crippen molar-refractivity contribution >= 4 is 57.2 Å². The lowest BCUT2D eigenvalue weighted by Crippen LogP contribution is -2.61. The summed E-state index contributed by atoms with van der Waals surface area (Å²) in [6.45, 7) is 28.0. The Morgan fingerprint density at radius 3 is 1.32 bits per heavy atom. The van der Waals surface area contributed by atoms with E-state index in [4.69, 9.17) is 19.7 Å². The Morgan fingerprint density at radius 1 is 0.350 bits per heavy atom. The van der Waals surface area contributed by atoms with Gasteiger partial charge in [-0.1, -0.05) is 270 Å². The topological polar surface area (TPSA) is 54.4 Å². The second-order valence-electron chi connectivity index (χ2n) is 31.9. The summed E-state index contributed by atoms with van der Waals surface area (Å²) in [6, 6.07) is 98.9. The number of hydrogen-bond donors (Lipinski definition) is 0. The van der Waals surface area contributed by atoms with Gasteiger partial charge in [0.1, 0.15) is 11.5 Å². The number of anilines is 6. The number of hydrogen-bond acceptors (Lipinski definition) is 6. The Kier molecular flexibility index (Phi) is 14.5. The van der Waals surface area contributed by atoms with E-state index in [0.717, 1.165) is 62.6 Å². The predicted molar refractivity (Wildman–Crippen MR) is 417 cm³/mol. The summed E-state index contributed by atoms with van der Waals surface area (Å²) in [5, 5.41) is 0.